The summed E-state index contributed by atoms with van der Waals surface area (Å²) in [5.74, 6) is 1.92. The second-order valence-electron chi connectivity index (χ2n) is 10.8. The van der Waals surface area contributed by atoms with Crippen LogP contribution in [0.1, 0.15) is 26.5 Å². The molecule has 1 saturated heterocycles. The maximum Gasteiger partial charge on any atom is 0.324 e. The summed E-state index contributed by atoms with van der Waals surface area (Å²) in [6.45, 7) is 11.1. The largest absolute Gasteiger partial charge is 0.492 e. The van der Waals surface area contributed by atoms with E-state index in [0.717, 1.165) is 65.0 Å². The fourth-order valence-electron chi connectivity index (χ4n) is 4.51. The number of carbonyl (C=O) groups excluding carboxylic acids is 1. The van der Waals surface area contributed by atoms with Gasteiger partial charge in [0.05, 0.1) is 29.1 Å². The standard InChI is InChI=1S/C29H32N6O4S.ClH/c1-29(2,3)25-17-26(33-39-25)32-27(36)30-20-6-4-19(5-7-20)22-18-35-23-16-21(8-9-24(23)40-28(35)31-22)38-15-12-34-10-13-37-14-11-34;/h4-9,16-18H,10-15H2,1-3H3,(H2,30,32,33,36);1H. The Kier molecular flexibility index (Phi) is 8.50. The van der Waals surface area contributed by atoms with Gasteiger partial charge in [0.2, 0.25) is 0 Å². The van der Waals surface area contributed by atoms with Crippen LogP contribution in [-0.2, 0) is 10.2 Å². The molecule has 41 heavy (non-hydrogen) atoms. The summed E-state index contributed by atoms with van der Waals surface area (Å²) in [6, 6.07) is 15.1. The molecule has 4 heterocycles. The number of anilines is 2. The Morgan fingerprint density at radius 3 is 2.59 bits per heavy atom. The van der Waals surface area contributed by atoms with Gasteiger partial charge in [-0.3, -0.25) is 14.6 Å². The molecule has 1 fully saturated rings. The van der Waals surface area contributed by atoms with Gasteiger partial charge in [0.25, 0.3) is 0 Å². The van der Waals surface area contributed by atoms with Crippen molar-refractivity contribution >= 4 is 56.5 Å². The minimum Gasteiger partial charge on any atom is -0.492 e. The van der Waals surface area contributed by atoms with E-state index < -0.39 is 6.03 Å². The van der Waals surface area contributed by atoms with E-state index in [1.165, 1.54) is 0 Å². The molecule has 2 amide bonds. The van der Waals surface area contributed by atoms with Gasteiger partial charge in [0.1, 0.15) is 18.1 Å². The van der Waals surface area contributed by atoms with Crippen molar-refractivity contribution in [3.63, 3.8) is 0 Å². The highest BCUT2D eigenvalue weighted by molar-refractivity contribution is 7.23. The number of rotatable bonds is 7. The minimum absolute atomic E-state index is 0. The molecular formula is C29H33ClN6O4S. The van der Waals surface area contributed by atoms with Crippen LogP contribution in [0, 0.1) is 0 Å². The number of hydrogen-bond acceptors (Lipinski definition) is 8. The minimum atomic E-state index is -0.390. The molecule has 0 unspecified atom stereocenters. The van der Waals surface area contributed by atoms with Gasteiger partial charge < -0.3 is 19.3 Å². The number of halogens is 1. The first kappa shape index (κ1) is 28.9. The molecule has 0 spiro atoms. The van der Waals surface area contributed by atoms with Gasteiger partial charge in [-0.1, -0.05) is 49.4 Å². The van der Waals surface area contributed by atoms with Crippen molar-refractivity contribution in [1.82, 2.24) is 19.4 Å². The van der Waals surface area contributed by atoms with E-state index in [-0.39, 0.29) is 17.8 Å². The second kappa shape index (κ2) is 12.1. The molecule has 0 radical (unpaired) electrons. The number of fused-ring (bicyclic) bond motifs is 3. The van der Waals surface area contributed by atoms with Gasteiger partial charge in [-0.25, -0.2) is 9.78 Å². The molecule has 12 heteroatoms. The number of aromatic nitrogens is 3. The number of imidazole rings is 1. The van der Waals surface area contributed by atoms with Gasteiger partial charge >= 0.3 is 6.03 Å². The summed E-state index contributed by atoms with van der Waals surface area (Å²) in [7, 11) is 0. The molecule has 0 saturated carbocycles. The highest BCUT2D eigenvalue weighted by atomic mass is 35.5. The number of ether oxygens (including phenoxy) is 2. The highest BCUT2D eigenvalue weighted by Gasteiger charge is 2.20. The van der Waals surface area contributed by atoms with E-state index in [2.05, 4.69) is 37.2 Å². The molecule has 0 aliphatic carbocycles. The Bertz CT molecular complexity index is 1630. The van der Waals surface area contributed by atoms with Crippen molar-refractivity contribution in [2.24, 2.45) is 0 Å². The Labute approximate surface area is 248 Å². The van der Waals surface area contributed by atoms with Gasteiger partial charge in [-0.05, 0) is 24.3 Å². The van der Waals surface area contributed by atoms with Crippen molar-refractivity contribution in [3.05, 3.63) is 60.5 Å². The summed E-state index contributed by atoms with van der Waals surface area (Å²) in [5.41, 5.74) is 3.36. The SMILES string of the molecule is CC(C)(C)c1cc(NC(=O)Nc2ccc(-c3cn4c(n3)sc3ccc(OCCN5CCOCC5)cc34)cc2)no1.Cl. The van der Waals surface area contributed by atoms with Crippen molar-refractivity contribution in [2.75, 3.05) is 50.1 Å². The first-order valence-electron chi connectivity index (χ1n) is 13.3. The molecule has 6 rings (SSSR count). The van der Waals surface area contributed by atoms with Gasteiger partial charge in [-0.15, -0.1) is 12.4 Å². The van der Waals surface area contributed by atoms with Crippen LogP contribution in [0.3, 0.4) is 0 Å². The predicted octanol–water partition coefficient (Wildman–Crippen LogP) is 6.28. The third kappa shape index (κ3) is 6.65. The summed E-state index contributed by atoms with van der Waals surface area (Å²) >= 11 is 1.64. The van der Waals surface area contributed by atoms with Crippen LogP contribution in [0.5, 0.6) is 5.75 Å². The summed E-state index contributed by atoms with van der Waals surface area (Å²) < 4.78 is 20.1. The van der Waals surface area contributed by atoms with Gasteiger partial charge in [-0.2, -0.15) is 0 Å². The fraction of sp³-hybridized carbons (Fsp3) is 0.345. The zero-order valence-corrected chi connectivity index (χ0v) is 24.8. The number of benzene rings is 2. The number of urea groups is 1. The third-order valence-corrected chi connectivity index (χ3v) is 7.81. The lowest BCUT2D eigenvalue weighted by Crippen LogP contribution is -2.38. The van der Waals surface area contributed by atoms with E-state index in [4.69, 9.17) is 19.0 Å². The van der Waals surface area contributed by atoms with Crippen LogP contribution >= 0.6 is 23.7 Å². The molecule has 2 aromatic carbocycles. The van der Waals surface area contributed by atoms with Crippen molar-refractivity contribution < 1.29 is 18.8 Å². The van der Waals surface area contributed by atoms with Crippen LogP contribution in [0.15, 0.2) is 59.3 Å². The molecule has 1 aliphatic heterocycles. The van der Waals surface area contributed by atoms with Gasteiger partial charge in [0, 0.05) is 54.6 Å². The number of carbonyl (C=O) groups is 1. The van der Waals surface area contributed by atoms with Gasteiger partial charge in [0.15, 0.2) is 10.8 Å². The van der Waals surface area contributed by atoms with Crippen LogP contribution in [-0.4, -0.2) is 64.9 Å². The number of nitrogens with one attached hydrogen (secondary N) is 2. The lowest BCUT2D eigenvalue weighted by Gasteiger charge is -2.26. The lowest BCUT2D eigenvalue weighted by atomic mass is 9.93. The van der Waals surface area contributed by atoms with E-state index in [1.807, 2.05) is 57.3 Å². The van der Waals surface area contributed by atoms with E-state index in [1.54, 1.807) is 17.4 Å². The Balaban J connectivity index is 0.00000337. The maximum atomic E-state index is 12.4. The zero-order valence-electron chi connectivity index (χ0n) is 23.2. The Morgan fingerprint density at radius 1 is 1.07 bits per heavy atom. The highest BCUT2D eigenvalue weighted by Crippen LogP contribution is 2.32. The zero-order chi connectivity index (χ0) is 27.7. The molecule has 5 aromatic rings. The molecule has 2 N–H and O–H groups in total. The van der Waals surface area contributed by atoms with Crippen LogP contribution in [0.25, 0.3) is 26.4 Å². The first-order valence-corrected chi connectivity index (χ1v) is 14.1. The molecule has 0 atom stereocenters. The van der Waals surface area contributed by atoms with Crippen LogP contribution < -0.4 is 15.4 Å². The average Bonchev–Trinajstić information content (AvgIpc) is 3.65. The molecule has 0 bridgehead atoms. The summed E-state index contributed by atoms with van der Waals surface area (Å²) in [6.07, 6.45) is 2.04. The first-order chi connectivity index (χ1) is 19.3. The third-order valence-electron chi connectivity index (χ3n) is 6.77. The molecular weight excluding hydrogens is 564 g/mol. The van der Waals surface area contributed by atoms with Crippen LogP contribution in [0.4, 0.5) is 16.3 Å². The topological polar surface area (TPSA) is 106 Å². The van der Waals surface area contributed by atoms with Crippen LogP contribution in [0.2, 0.25) is 0 Å². The van der Waals surface area contributed by atoms with Crippen molar-refractivity contribution in [2.45, 2.75) is 26.2 Å². The monoisotopic (exact) mass is 596 g/mol. The lowest BCUT2D eigenvalue weighted by molar-refractivity contribution is 0.0322. The quantitative estimate of drug-likeness (QED) is 0.228. The molecule has 3 aromatic heterocycles. The van der Waals surface area contributed by atoms with Crippen molar-refractivity contribution in [3.8, 4) is 17.0 Å². The smallest absolute Gasteiger partial charge is 0.324 e. The Morgan fingerprint density at radius 2 is 1.85 bits per heavy atom. The van der Waals surface area contributed by atoms with E-state index in [0.29, 0.717) is 23.9 Å². The molecule has 10 nitrogen and oxygen atoms in total. The number of amides is 2. The molecule has 216 valence electrons. The molecule has 1 aliphatic rings. The maximum absolute atomic E-state index is 12.4. The van der Waals surface area contributed by atoms with E-state index >= 15 is 0 Å². The number of thiazole rings is 1. The average molecular weight is 597 g/mol. The fourth-order valence-corrected chi connectivity index (χ4v) is 5.50. The van der Waals surface area contributed by atoms with E-state index in [9.17, 15) is 4.79 Å². The summed E-state index contributed by atoms with van der Waals surface area (Å²) in [5, 5.41) is 9.46. The summed E-state index contributed by atoms with van der Waals surface area (Å²) in [4.78, 5) is 20.6. The van der Waals surface area contributed by atoms with Crippen molar-refractivity contribution in [1.29, 1.82) is 0 Å². The predicted molar refractivity (Wildman–Crippen MR) is 164 cm³/mol. The number of hydrogen-bond donors (Lipinski definition) is 2. The Hall–Kier alpha value is -3.64. The number of nitrogens with zero attached hydrogens (tertiary/aromatic N) is 4. The second-order valence-corrected chi connectivity index (χ2v) is 11.8. The normalized spacial score (nSPS) is 14.2. The number of morpholine rings is 1.